The Morgan fingerprint density at radius 1 is 1.23 bits per heavy atom. The van der Waals surface area contributed by atoms with Gasteiger partial charge in [0.1, 0.15) is 17.3 Å². The summed E-state index contributed by atoms with van der Waals surface area (Å²) in [6.07, 6.45) is -0.747. The van der Waals surface area contributed by atoms with Crippen LogP contribution in [0.25, 0.3) is 0 Å². The van der Waals surface area contributed by atoms with Crippen LogP contribution in [0.15, 0.2) is 42.5 Å². The van der Waals surface area contributed by atoms with Gasteiger partial charge in [-0.3, -0.25) is 14.9 Å². The van der Waals surface area contributed by atoms with Crippen LogP contribution in [0.5, 0.6) is 5.75 Å². The van der Waals surface area contributed by atoms with E-state index in [4.69, 9.17) is 33.7 Å². The molecule has 160 valence electrons. The second-order valence-corrected chi connectivity index (χ2v) is 8.47. The number of rotatable bonds is 7. The molecule has 1 heterocycles. The summed E-state index contributed by atoms with van der Waals surface area (Å²) in [6.45, 7) is 2.42. The topological polar surface area (TPSA) is 105 Å². The highest BCUT2D eigenvalue weighted by Crippen LogP contribution is 2.26. The third kappa shape index (κ3) is 5.80. The minimum atomic E-state index is -0.903. The smallest absolute Gasteiger partial charge is 0.252 e. The van der Waals surface area contributed by atoms with Gasteiger partial charge in [-0.05, 0) is 48.9 Å². The molecule has 3 rings (SSSR count). The third-order valence-electron chi connectivity index (χ3n) is 4.39. The Morgan fingerprint density at radius 3 is 2.60 bits per heavy atom. The predicted molar refractivity (Wildman–Crippen MR) is 120 cm³/mol. The van der Waals surface area contributed by atoms with Crippen LogP contribution in [0.4, 0.5) is 0 Å². The van der Waals surface area contributed by atoms with Crippen LogP contribution in [0, 0.1) is 0 Å². The van der Waals surface area contributed by atoms with E-state index in [9.17, 15) is 9.59 Å². The number of hydrogen-bond acceptors (Lipinski definition) is 6. The molecule has 1 fully saturated rings. The van der Waals surface area contributed by atoms with Crippen LogP contribution in [-0.2, 0) is 10.5 Å². The quantitative estimate of drug-likeness (QED) is 0.497. The molecule has 0 saturated carbocycles. The summed E-state index contributed by atoms with van der Waals surface area (Å²) in [6, 6.07) is 11.0. The lowest BCUT2D eigenvalue weighted by Crippen LogP contribution is -2.70. The van der Waals surface area contributed by atoms with Crippen LogP contribution in [-0.4, -0.2) is 36.1 Å². The van der Waals surface area contributed by atoms with E-state index in [0.717, 1.165) is 5.56 Å². The average molecular weight is 469 g/mol. The number of nitrogens with two attached hydrogens (primary N) is 1. The highest BCUT2D eigenvalue weighted by Gasteiger charge is 2.35. The summed E-state index contributed by atoms with van der Waals surface area (Å²) in [5, 5.41) is 9.69. The number of carbonyl (C=O) groups is 2. The SMILES string of the molecule is CCOc1ccc(C(=O)NC2C(=O)NC(SCc3ccc(Cl)cc3Cl)NC2N)cc1. The Hall–Kier alpha value is -1.97. The molecule has 30 heavy (non-hydrogen) atoms. The second-order valence-electron chi connectivity index (χ2n) is 6.54. The van der Waals surface area contributed by atoms with E-state index in [2.05, 4.69) is 16.0 Å². The number of carbonyl (C=O) groups excluding carboxylic acids is 2. The molecule has 0 spiro atoms. The molecule has 1 saturated heterocycles. The number of benzene rings is 2. The lowest BCUT2D eigenvalue weighted by atomic mass is 10.1. The van der Waals surface area contributed by atoms with E-state index in [1.807, 2.05) is 13.0 Å². The molecule has 7 nitrogen and oxygen atoms in total. The first-order chi connectivity index (χ1) is 14.4. The van der Waals surface area contributed by atoms with E-state index >= 15 is 0 Å². The molecule has 2 aromatic carbocycles. The van der Waals surface area contributed by atoms with Crippen molar-refractivity contribution in [1.82, 2.24) is 16.0 Å². The van der Waals surface area contributed by atoms with Crippen LogP contribution in [0.2, 0.25) is 10.0 Å². The van der Waals surface area contributed by atoms with E-state index in [1.165, 1.54) is 11.8 Å². The third-order valence-corrected chi connectivity index (χ3v) is 6.05. The number of ether oxygens (including phenoxy) is 1. The van der Waals surface area contributed by atoms with Crippen molar-refractivity contribution >= 4 is 46.8 Å². The molecule has 0 aliphatic carbocycles. The van der Waals surface area contributed by atoms with Gasteiger partial charge in [-0.25, -0.2) is 0 Å². The fourth-order valence-corrected chi connectivity index (χ4v) is 4.45. The standard InChI is InChI=1S/C20H22Cl2N4O3S/c1-2-29-14-7-4-11(5-8-14)18(27)24-16-17(23)25-20(26-19(16)28)30-10-12-3-6-13(21)9-15(12)22/h3-9,16-17,20,25H,2,10,23H2,1H3,(H,24,27)(H,26,28). The highest BCUT2D eigenvalue weighted by atomic mass is 35.5. The maximum Gasteiger partial charge on any atom is 0.252 e. The van der Waals surface area contributed by atoms with Crippen molar-refractivity contribution in [3.63, 3.8) is 0 Å². The van der Waals surface area contributed by atoms with Crippen LogP contribution < -0.4 is 26.4 Å². The van der Waals surface area contributed by atoms with E-state index < -0.39 is 23.6 Å². The average Bonchev–Trinajstić information content (AvgIpc) is 2.71. The molecular weight excluding hydrogens is 447 g/mol. The summed E-state index contributed by atoms with van der Waals surface area (Å²) in [7, 11) is 0. The summed E-state index contributed by atoms with van der Waals surface area (Å²) in [5.41, 5.74) is 6.99. The minimum absolute atomic E-state index is 0.361. The van der Waals surface area contributed by atoms with Crippen LogP contribution in [0.3, 0.4) is 0 Å². The second kappa shape index (κ2) is 10.4. The van der Waals surface area contributed by atoms with Crippen molar-refractivity contribution in [2.75, 3.05) is 6.61 Å². The Morgan fingerprint density at radius 2 is 1.97 bits per heavy atom. The van der Waals surface area contributed by atoms with E-state index in [-0.39, 0.29) is 5.91 Å². The molecule has 0 aromatic heterocycles. The maximum atomic E-state index is 12.5. The molecule has 3 atom stereocenters. The number of nitrogens with one attached hydrogen (secondary N) is 3. The van der Waals surface area contributed by atoms with E-state index in [0.29, 0.717) is 33.7 Å². The molecule has 2 aromatic rings. The van der Waals surface area contributed by atoms with E-state index in [1.54, 1.807) is 36.4 Å². The maximum absolute atomic E-state index is 12.5. The number of hydrogen-bond donors (Lipinski definition) is 4. The fourth-order valence-electron chi connectivity index (χ4n) is 2.85. The highest BCUT2D eigenvalue weighted by molar-refractivity contribution is 7.99. The van der Waals surface area contributed by atoms with Gasteiger partial charge in [-0.2, -0.15) is 0 Å². The molecule has 2 amide bonds. The lowest BCUT2D eigenvalue weighted by Gasteiger charge is -2.35. The van der Waals surface area contributed by atoms with Gasteiger partial charge in [-0.1, -0.05) is 29.3 Å². The fraction of sp³-hybridized carbons (Fsp3) is 0.300. The molecule has 0 bridgehead atoms. The predicted octanol–water partition coefficient (Wildman–Crippen LogP) is 2.71. The van der Waals surface area contributed by atoms with Gasteiger partial charge in [-0.15, -0.1) is 11.8 Å². The first-order valence-electron chi connectivity index (χ1n) is 9.28. The summed E-state index contributed by atoms with van der Waals surface area (Å²) in [4.78, 5) is 25.0. The Labute approximate surface area is 189 Å². The van der Waals surface area contributed by atoms with Gasteiger partial charge in [0.15, 0.2) is 0 Å². The zero-order chi connectivity index (χ0) is 21.7. The molecule has 5 N–H and O–H groups in total. The zero-order valence-electron chi connectivity index (χ0n) is 16.2. The summed E-state index contributed by atoms with van der Waals surface area (Å²) >= 11 is 13.5. The summed E-state index contributed by atoms with van der Waals surface area (Å²) < 4.78 is 5.36. The largest absolute Gasteiger partial charge is 0.494 e. The van der Waals surface area contributed by atoms with Crippen LogP contribution in [0.1, 0.15) is 22.8 Å². The van der Waals surface area contributed by atoms with Crippen molar-refractivity contribution < 1.29 is 14.3 Å². The molecule has 10 heteroatoms. The first kappa shape index (κ1) is 22.7. The summed E-state index contributed by atoms with van der Waals surface area (Å²) in [5.74, 6) is 0.461. The Bertz CT molecular complexity index is 913. The first-order valence-corrected chi connectivity index (χ1v) is 11.1. The molecule has 0 radical (unpaired) electrons. The lowest BCUT2D eigenvalue weighted by molar-refractivity contribution is -0.125. The number of thioether (sulfide) groups is 1. The normalized spacial score (nSPS) is 21.1. The molecule has 1 aliphatic heterocycles. The molecule has 1 aliphatic rings. The van der Waals surface area contributed by atoms with Gasteiger partial charge >= 0.3 is 0 Å². The van der Waals surface area contributed by atoms with Crippen LogP contribution >= 0.6 is 35.0 Å². The molecular formula is C20H22Cl2N4O3S. The Balaban J connectivity index is 1.55. The zero-order valence-corrected chi connectivity index (χ0v) is 18.5. The Kier molecular flexibility index (Phi) is 7.85. The van der Waals surface area contributed by atoms with Gasteiger partial charge in [0.25, 0.3) is 5.91 Å². The van der Waals surface area contributed by atoms with Gasteiger partial charge in [0.05, 0.1) is 12.8 Å². The van der Waals surface area contributed by atoms with Gasteiger partial charge in [0.2, 0.25) is 5.91 Å². The monoisotopic (exact) mass is 468 g/mol. The van der Waals surface area contributed by atoms with Crippen molar-refractivity contribution in [3.05, 3.63) is 63.6 Å². The number of amides is 2. The van der Waals surface area contributed by atoms with Crippen molar-refractivity contribution in [2.24, 2.45) is 5.73 Å². The van der Waals surface area contributed by atoms with Crippen molar-refractivity contribution in [3.8, 4) is 5.75 Å². The van der Waals surface area contributed by atoms with Crippen molar-refractivity contribution in [2.45, 2.75) is 30.4 Å². The van der Waals surface area contributed by atoms with Gasteiger partial charge < -0.3 is 21.1 Å². The van der Waals surface area contributed by atoms with Crippen molar-refractivity contribution in [1.29, 1.82) is 0 Å². The van der Waals surface area contributed by atoms with Gasteiger partial charge in [0, 0.05) is 21.4 Å². The number of halogens is 2. The molecule has 3 unspecified atom stereocenters. The minimum Gasteiger partial charge on any atom is -0.494 e.